The van der Waals surface area contributed by atoms with Crippen LogP contribution in [-0.2, 0) is 9.59 Å². The summed E-state index contributed by atoms with van der Waals surface area (Å²) in [6.45, 7) is 2.96. The molecule has 3 aromatic carbocycles. The molecular weight excluding hydrogens is 547 g/mol. The second kappa shape index (κ2) is 12.1. The number of likely N-dealkylation sites (N-methyl/N-ethyl adjacent to an activating group) is 1. The number of rotatable bonds is 7. The fraction of sp³-hybridized carbons (Fsp3) is 0.233. The lowest BCUT2D eigenvalue weighted by Crippen LogP contribution is -2.47. The third-order valence-electron chi connectivity index (χ3n) is 7.01. The first-order valence-electron chi connectivity index (χ1n) is 12.9. The molecule has 3 N–H and O–H groups in total. The number of hydrogen-bond donors (Lipinski definition) is 3. The highest BCUT2D eigenvalue weighted by molar-refractivity contribution is 8.18. The highest BCUT2D eigenvalue weighted by Gasteiger charge is 2.30. The molecule has 11 heteroatoms. The number of aromatic hydroxyl groups is 1. The Morgan fingerprint density at radius 2 is 1.83 bits per heavy atom. The number of methoxy groups -OCH3 is 1. The fourth-order valence-electron chi connectivity index (χ4n) is 4.80. The number of carboxylic acid groups (broad SMARTS) is 1. The molecule has 212 valence electrons. The third-order valence-corrected chi connectivity index (χ3v) is 7.92. The number of piperazine rings is 1. The summed E-state index contributed by atoms with van der Waals surface area (Å²) in [5.74, 6) is -1.27. The van der Waals surface area contributed by atoms with E-state index in [0.29, 0.717) is 56.9 Å². The zero-order valence-electron chi connectivity index (χ0n) is 22.5. The Bertz CT molecular complexity index is 1530. The van der Waals surface area contributed by atoms with Crippen molar-refractivity contribution in [2.45, 2.75) is 6.04 Å². The van der Waals surface area contributed by atoms with Gasteiger partial charge in [-0.1, -0.05) is 18.2 Å². The summed E-state index contributed by atoms with van der Waals surface area (Å²) in [5.41, 5.74) is 2.72. The number of carboxylic acids is 1. The van der Waals surface area contributed by atoms with E-state index < -0.39 is 17.8 Å². The second-order valence-corrected chi connectivity index (χ2v) is 10.8. The molecule has 1 atom stereocenters. The molecule has 0 spiro atoms. The van der Waals surface area contributed by atoms with Crippen LogP contribution in [0.3, 0.4) is 0 Å². The van der Waals surface area contributed by atoms with Gasteiger partial charge >= 0.3 is 5.97 Å². The number of nitrogens with one attached hydrogen (secondary N) is 1. The number of hydrogen-bond acceptors (Lipinski definition) is 8. The van der Waals surface area contributed by atoms with Crippen LogP contribution in [0.4, 0.5) is 10.1 Å². The van der Waals surface area contributed by atoms with Crippen molar-refractivity contribution in [3.8, 4) is 22.6 Å². The van der Waals surface area contributed by atoms with Crippen LogP contribution >= 0.6 is 11.8 Å². The van der Waals surface area contributed by atoms with E-state index in [4.69, 9.17) is 4.74 Å². The minimum Gasteiger partial charge on any atom is -0.507 e. The Labute approximate surface area is 241 Å². The largest absolute Gasteiger partial charge is 0.507 e. The molecule has 5 rings (SSSR count). The summed E-state index contributed by atoms with van der Waals surface area (Å²) in [5, 5.41) is 23.4. The highest BCUT2D eigenvalue weighted by Crippen LogP contribution is 2.36. The summed E-state index contributed by atoms with van der Waals surface area (Å²) in [7, 11) is 3.51. The van der Waals surface area contributed by atoms with Crippen LogP contribution in [-0.4, -0.2) is 77.4 Å². The van der Waals surface area contributed by atoms with Gasteiger partial charge in [0, 0.05) is 37.3 Å². The number of aliphatic imine (C=N–C) groups is 1. The predicted octanol–water partition coefficient (Wildman–Crippen LogP) is 4.47. The van der Waals surface area contributed by atoms with Crippen molar-refractivity contribution < 1.29 is 28.9 Å². The Kier molecular flexibility index (Phi) is 8.39. The quantitative estimate of drug-likeness (QED) is 0.353. The molecule has 2 aliphatic heterocycles. The molecule has 3 aromatic rings. The SMILES string of the molecule is COc1ccc(F)cc1-c1ccc(O)c(/C=C2/SC(=Nc3ccc(C(C(=O)O)N4CCN(C)CC4)cc3)NC2=O)c1. The maximum absolute atomic E-state index is 13.9. The van der Waals surface area contributed by atoms with Gasteiger partial charge in [-0.05, 0) is 78.5 Å². The van der Waals surface area contributed by atoms with Gasteiger partial charge in [-0.25, -0.2) is 9.38 Å². The van der Waals surface area contributed by atoms with Crippen molar-refractivity contribution in [3.05, 3.63) is 82.5 Å². The summed E-state index contributed by atoms with van der Waals surface area (Å²) < 4.78 is 19.3. The van der Waals surface area contributed by atoms with Gasteiger partial charge in [0.1, 0.15) is 23.4 Å². The lowest BCUT2D eigenvalue weighted by Gasteiger charge is -2.36. The molecule has 0 bridgehead atoms. The van der Waals surface area contributed by atoms with E-state index >= 15 is 0 Å². The van der Waals surface area contributed by atoms with Crippen molar-refractivity contribution in [1.82, 2.24) is 15.1 Å². The van der Waals surface area contributed by atoms with Crippen molar-refractivity contribution >= 4 is 40.6 Å². The number of thioether (sulfide) groups is 1. The van der Waals surface area contributed by atoms with Crippen LogP contribution in [0.1, 0.15) is 17.2 Å². The molecule has 2 aliphatic rings. The van der Waals surface area contributed by atoms with Gasteiger partial charge in [0.15, 0.2) is 5.17 Å². The monoisotopic (exact) mass is 576 g/mol. The summed E-state index contributed by atoms with van der Waals surface area (Å²) in [6, 6.07) is 15.2. The van der Waals surface area contributed by atoms with Crippen molar-refractivity contribution in [3.63, 3.8) is 0 Å². The topological polar surface area (TPSA) is 115 Å². The zero-order valence-corrected chi connectivity index (χ0v) is 23.3. The Morgan fingerprint density at radius 1 is 1.10 bits per heavy atom. The van der Waals surface area contributed by atoms with E-state index in [1.807, 2.05) is 11.9 Å². The molecule has 0 radical (unpaired) electrons. The van der Waals surface area contributed by atoms with Crippen LogP contribution < -0.4 is 10.1 Å². The minimum absolute atomic E-state index is 0.0423. The summed E-state index contributed by atoms with van der Waals surface area (Å²) in [6.07, 6.45) is 1.55. The van der Waals surface area contributed by atoms with Gasteiger partial charge in [-0.3, -0.25) is 14.5 Å². The maximum atomic E-state index is 13.9. The number of phenols is 1. The normalized spacial score (nSPS) is 19.0. The van der Waals surface area contributed by atoms with Crippen molar-refractivity contribution in [2.75, 3.05) is 40.3 Å². The first-order chi connectivity index (χ1) is 19.7. The predicted molar refractivity (Wildman–Crippen MR) is 157 cm³/mol. The molecular formula is C30H29FN4O5S. The summed E-state index contributed by atoms with van der Waals surface area (Å²) >= 11 is 1.11. The van der Waals surface area contributed by atoms with E-state index in [1.165, 1.54) is 31.4 Å². The molecule has 0 saturated carbocycles. The molecule has 0 aliphatic carbocycles. The number of carbonyl (C=O) groups is 2. The molecule has 9 nitrogen and oxygen atoms in total. The van der Waals surface area contributed by atoms with Crippen LogP contribution in [0, 0.1) is 5.82 Å². The molecule has 41 heavy (non-hydrogen) atoms. The first kappa shape index (κ1) is 28.3. The van der Waals surface area contributed by atoms with Crippen LogP contribution in [0.5, 0.6) is 11.5 Å². The van der Waals surface area contributed by atoms with Crippen LogP contribution in [0.15, 0.2) is 70.6 Å². The van der Waals surface area contributed by atoms with E-state index in [9.17, 15) is 24.2 Å². The van der Waals surface area contributed by atoms with Gasteiger partial charge < -0.3 is 25.2 Å². The number of benzene rings is 3. The first-order valence-corrected chi connectivity index (χ1v) is 13.8. The highest BCUT2D eigenvalue weighted by atomic mass is 32.2. The van der Waals surface area contributed by atoms with E-state index in [2.05, 4.69) is 15.2 Å². The Balaban J connectivity index is 1.34. The number of aliphatic carboxylic acids is 1. The lowest BCUT2D eigenvalue weighted by molar-refractivity contribution is -0.144. The fourth-order valence-corrected chi connectivity index (χ4v) is 5.64. The number of phenolic OH excluding ortho intramolecular Hbond substituents is 1. The van der Waals surface area contributed by atoms with E-state index in [-0.39, 0.29) is 11.7 Å². The minimum atomic E-state index is -0.898. The second-order valence-electron chi connectivity index (χ2n) is 9.77. The van der Waals surface area contributed by atoms with Gasteiger partial charge in [0.25, 0.3) is 5.91 Å². The average molecular weight is 577 g/mol. The molecule has 2 heterocycles. The molecule has 0 aromatic heterocycles. The molecule has 1 amide bonds. The zero-order chi connectivity index (χ0) is 29.1. The number of ether oxygens (including phenoxy) is 1. The number of nitrogens with zero attached hydrogens (tertiary/aromatic N) is 3. The summed E-state index contributed by atoms with van der Waals surface area (Å²) in [4.78, 5) is 33.7. The van der Waals surface area contributed by atoms with Crippen LogP contribution in [0.2, 0.25) is 0 Å². The van der Waals surface area contributed by atoms with Crippen molar-refractivity contribution in [2.24, 2.45) is 4.99 Å². The smallest absolute Gasteiger partial charge is 0.325 e. The van der Waals surface area contributed by atoms with Gasteiger partial charge in [-0.15, -0.1) is 0 Å². The van der Waals surface area contributed by atoms with E-state index in [1.54, 1.807) is 42.5 Å². The van der Waals surface area contributed by atoms with Gasteiger partial charge in [0.05, 0.1) is 17.7 Å². The van der Waals surface area contributed by atoms with Gasteiger partial charge in [0.2, 0.25) is 0 Å². The number of carbonyl (C=O) groups excluding carboxylic acids is 1. The van der Waals surface area contributed by atoms with Gasteiger partial charge in [-0.2, -0.15) is 0 Å². The Hall–Kier alpha value is -4.19. The average Bonchev–Trinajstić information content (AvgIpc) is 3.29. The lowest BCUT2D eigenvalue weighted by atomic mass is 10.0. The number of halogens is 1. The number of amides is 1. The third kappa shape index (κ3) is 6.43. The Morgan fingerprint density at radius 3 is 2.51 bits per heavy atom. The maximum Gasteiger partial charge on any atom is 0.325 e. The molecule has 1 unspecified atom stereocenters. The molecule has 2 saturated heterocycles. The van der Waals surface area contributed by atoms with E-state index in [0.717, 1.165) is 24.9 Å². The molecule has 2 fully saturated rings. The standard InChI is InChI=1S/C30H29FN4O5S/c1-34-11-13-35(14-12-34)27(29(38)39)18-3-7-22(8-4-18)32-30-33-28(37)26(41-30)16-20-15-19(5-9-24(20)36)23-17-21(31)6-10-25(23)40-2/h3-10,15-17,27,36H,11-14H2,1-2H3,(H,38,39)(H,32,33,37)/b26-16+. The van der Waals surface area contributed by atoms with Crippen molar-refractivity contribution in [1.29, 1.82) is 0 Å². The number of amidine groups is 1. The van der Waals surface area contributed by atoms with Crippen LogP contribution in [0.25, 0.3) is 17.2 Å².